The van der Waals surface area contributed by atoms with Crippen LogP contribution in [0.2, 0.25) is 0 Å². The van der Waals surface area contributed by atoms with E-state index in [1.54, 1.807) is 0 Å². The topological polar surface area (TPSA) is 131 Å². The summed E-state index contributed by atoms with van der Waals surface area (Å²) < 4.78 is 0. The van der Waals surface area contributed by atoms with Gasteiger partial charge in [0.2, 0.25) is 0 Å². The Bertz CT molecular complexity index is 1850. The average Bonchev–Trinajstić information content (AvgIpc) is 3.59. The molecule has 0 fully saturated rings. The van der Waals surface area contributed by atoms with Gasteiger partial charge in [-0.05, 0) is 52.4 Å². The maximum Gasteiger partial charge on any atom is 4.00 e. The van der Waals surface area contributed by atoms with Gasteiger partial charge in [0.05, 0.1) is 0 Å². The summed E-state index contributed by atoms with van der Waals surface area (Å²) in [7, 11) is 0. The Morgan fingerprint density at radius 1 is 0.721 bits per heavy atom. The Morgan fingerprint density at radius 3 is 1.93 bits per heavy atom. The van der Waals surface area contributed by atoms with Crippen molar-refractivity contribution in [1.29, 1.82) is 0 Å². The summed E-state index contributed by atoms with van der Waals surface area (Å²) in [4.78, 5) is 38.1. The molecule has 9 heteroatoms. The minimum Gasteiger partial charge on any atom is -0.678 e. The second-order valence-corrected chi connectivity index (χ2v) is 11.4. The van der Waals surface area contributed by atoms with E-state index in [-0.39, 0.29) is 41.9 Å². The van der Waals surface area contributed by atoms with E-state index >= 15 is 0 Å². The summed E-state index contributed by atoms with van der Waals surface area (Å²) in [5.41, 5.74) is 9.48. The van der Waals surface area contributed by atoms with Crippen LogP contribution < -0.4 is 36.3 Å². The van der Waals surface area contributed by atoms with Crippen molar-refractivity contribution in [3.8, 4) is 0 Å². The molecule has 8 bridgehead atoms. The number of carbonyl (C=O) groups is 2. The number of hydrogen-bond donors (Lipinski definition) is 2. The largest absolute Gasteiger partial charge is 4.00 e. The normalized spacial score (nSPS) is 20.4. The summed E-state index contributed by atoms with van der Waals surface area (Å²) >= 11 is 0. The number of aromatic nitrogens is 3. The Hall–Kier alpha value is -3.68. The van der Waals surface area contributed by atoms with Crippen LogP contribution in [-0.2, 0) is 45.9 Å². The van der Waals surface area contributed by atoms with E-state index in [1.807, 2.05) is 32.1 Å². The van der Waals surface area contributed by atoms with E-state index < -0.39 is 11.9 Å². The molecule has 3 aromatic rings. The van der Waals surface area contributed by atoms with Crippen molar-refractivity contribution in [2.45, 2.75) is 86.1 Å². The second kappa shape index (κ2) is 12.9. The summed E-state index contributed by atoms with van der Waals surface area (Å²) in [6, 6.07) is -0.0488. The fraction of sp³-hybridized carbons (Fsp3) is 0.412. The fourth-order valence-corrected chi connectivity index (χ4v) is 6.38. The SMILES string of the molecule is CCC1=C2/C=c3\[n-]/c(c(CCC(=O)O)c3C)=C\c3[n-]c(c(C)c3CCC(=O)O)/C=c3\[n-]/c(c(CC)c3C)=C\[C@H]([N-]2)C1C.[Fe+4]. The van der Waals surface area contributed by atoms with E-state index in [4.69, 9.17) is 20.3 Å². The van der Waals surface area contributed by atoms with Gasteiger partial charge in [0, 0.05) is 12.8 Å². The molecular formula is C34H38FeN4O4. The van der Waals surface area contributed by atoms with Gasteiger partial charge in [-0.15, -0.1) is 44.6 Å². The maximum absolute atomic E-state index is 11.5. The summed E-state index contributed by atoms with van der Waals surface area (Å²) in [6.07, 6.45) is 10.5. The van der Waals surface area contributed by atoms with Gasteiger partial charge in [-0.25, -0.2) is 0 Å². The first-order chi connectivity index (χ1) is 20.0. The summed E-state index contributed by atoms with van der Waals surface area (Å²) in [6.45, 7) is 12.6. The van der Waals surface area contributed by atoms with Crippen molar-refractivity contribution in [1.82, 2.24) is 15.0 Å². The van der Waals surface area contributed by atoms with Gasteiger partial charge in [0.1, 0.15) is 0 Å². The zero-order valence-electron chi connectivity index (χ0n) is 25.6. The van der Waals surface area contributed by atoms with E-state index in [1.165, 1.54) is 11.1 Å². The number of carboxylic acids is 2. The first-order valence-electron chi connectivity index (χ1n) is 14.8. The molecule has 5 rings (SSSR count). The van der Waals surface area contributed by atoms with Gasteiger partial charge >= 0.3 is 29.0 Å². The van der Waals surface area contributed by atoms with Crippen LogP contribution in [0.5, 0.6) is 0 Å². The standard InChI is InChI=1S/C34H38N4O4.Fe/c1-7-21-17(3)25-13-26-19(5)23(9-11-33(39)40)31(37-26)16-32-24(10-12-34(41)42)20(6)28(38-32)15-30-22(8-2)18(4)27(36-30)14-29(21)35-25;/h13-16,18,27H,7-12H2,1-6H3,(H,39,40)(H,41,42);/q-4;+4/b25-13-,28-15-,29-14-,32-16-;/t18?,27-;/m0./s1. The van der Waals surface area contributed by atoms with E-state index in [2.05, 4.69) is 33.8 Å². The third-order valence-corrected chi connectivity index (χ3v) is 8.90. The zero-order chi connectivity index (χ0) is 30.3. The number of aliphatic carboxylic acids is 2. The van der Waals surface area contributed by atoms with Crippen LogP contribution in [0.25, 0.3) is 29.6 Å². The Kier molecular flexibility index (Phi) is 9.67. The van der Waals surface area contributed by atoms with E-state index in [0.29, 0.717) is 23.9 Å². The third kappa shape index (κ3) is 6.20. The van der Waals surface area contributed by atoms with E-state index in [9.17, 15) is 19.8 Å². The van der Waals surface area contributed by atoms with Crippen molar-refractivity contribution in [3.05, 3.63) is 82.8 Å². The van der Waals surface area contributed by atoms with Crippen LogP contribution in [-0.4, -0.2) is 28.2 Å². The van der Waals surface area contributed by atoms with Crippen LogP contribution in [0, 0.1) is 26.7 Å². The molecule has 226 valence electrons. The molecule has 0 aliphatic carbocycles. The molecule has 2 aliphatic rings. The van der Waals surface area contributed by atoms with Crippen molar-refractivity contribution in [2.75, 3.05) is 0 Å². The molecule has 1 unspecified atom stereocenters. The average molecular weight is 623 g/mol. The molecule has 0 radical (unpaired) electrons. The minimum absolute atomic E-state index is 0. The number of fused-ring (bicyclic) bond motifs is 8. The summed E-state index contributed by atoms with van der Waals surface area (Å²) in [5.74, 6) is -1.53. The molecule has 3 aromatic heterocycles. The number of nitrogens with zero attached hydrogens (tertiary/aromatic N) is 4. The van der Waals surface area contributed by atoms with Crippen LogP contribution in [0.15, 0.2) is 11.3 Å². The third-order valence-electron chi connectivity index (χ3n) is 8.90. The first-order valence-corrected chi connectivity index (χ1v) is 14.8. The second-order valence-electron chi connectivity index (χ2n) is 11.4. The molecule has 2 N–H and O–H groups in total. The molecule has 0 saturated carbocycles. The molecule has 5 heterocycles. The van der Waals surface area contributed by atoms with Gasteiger partial charge in [-0.2, -0.15) is 0 Å². The number of hydrogen-bond acceptors (Lipinski definition) is 2. The van der Waals surface area contributed by atoms with Crippen LogP contribution in [0.4, 0.5) is 0 Å². The fourth-order valence-electron chi connectivity index (χ4n) is 6.38. The van der Waals surface area contributed by atoms with Crippen molar-refractivity contribution < 1.29 is 36.9 Å². The monoisotopic (exact) mass is 622 g/mol. The van der Waals surface area contributed by atoms with Crippen LogP contribution in [0.1, 0.15) is 84.8 Å². The Labute approximate surface area is 262 Å². The summed E-state index contributed by atoms with van der Waals surface area (Å²) in [5, 5.41) is 27.3. The van der Waals surface area contributed by atoms with Gasteiger partial charge < -0.3 is 30.5 Å². The zero-order valence-corrected chi connectivity index (χ0v) is 26.7. The van der Waals surface area contributed by atoms with Gasteiger partial charge in [-0.3, -0.25) is 9.59 Å². The minimum atomic E-state index is -0.874. The maximum atomic E-state index is 11.5. The molecular weight excluding hydrogens is 584 g/mol. The van der Waals surface area contributed by atoms with Crippen molar-refractivity contribution in [3.63, 3.8) is 0 Å². The van der Waals surface area contributed by atoms with Crippen molar-refractivity contribution >= 4 is 36.2 Å². The smallest absolute Gasteiger partial charge is 0.678 e. The number of rotatable bonds is 8. The van der Waals surface area contributed by atoms with Crippen molar-refractivity contribution in [2.24, 2.45) is 5.92 Å². The van der Waals surface area contributed by atoms with E-state index in [0.717, 1.165) is 68.1 Å². The molecule has 0 amide bonds. The molecule has 0 spiro atoms. The van der Waals surface area contributed by atoms with Gasteiger partial charge in [0.15, 0.2) is 0 Å². The first kappa shape index (κ1) is 32.2. The molecule has 43 heavy (non-hydrogen) atoms. The molecule has 0 aromatic carbocycles. The molecule has 2 aliphatic heterocycles. The number of carboxylic acid groups (broad SMARTS) is 2. The Morgan fingerprint density at radius 2 is 1.30 bits per heavy atom. The quantitative estimate of drug-likeness (QED) is 0.369. The Balaban J connectivity index is 0.00000423. The van der Waals surface area contributed by atoms with Crippen LogP contribution >= 0.6 is 0 Å². The van der Waals surface area contributed by atoms with Gasteiger partial charge in [-0.1, -0.05) is 84.0 Å². The molecule has 0 saturated heterocycles. The molecule has 2 atom stereocenters. The van der Waals surface area contributed by atoms with Crippen LogP contribution in [0.3, 0.4) is 0 Å². The predicted octanol–water partition coefficient (Wildman–Crippen LogP) is 2.37. The predicted molar refractivity (Wildman–Crippen MR) is 163 cm³/mol. The van der Waals surface area contributed by atoms with Gasteiger partial charge in [0.25, 0.3) is 0 Å². The number of allylic oxidation sites excluding steroid dienone is 1. The molecule has 8 nitrogen and oxygen atoms in total.